The van der Waals surface area contributed by atoms with Crippen LogP contribution in [0, 0.1) is 0 Å². The van der Waals surface area contributed by atoms with Gasteiger partial charge in [-0.05, 0) is 22.0 Å². The van der Waals surface area contributed by atoms with E-state index in [-0.39, 0.29) is 0 Å². The Labute approximate surface area is 96.0 Å². The lowest BCUT2D eigenvalue weighted by molar-refractivity contribution is 0.390. The second-order valence-corrected chi connectivity index (χ2v) is 3.94. The zero-order valence-corrected chi connectivity index (χ0v) is 9.81. The van der Waals surface area contributed by atoms with Gasteiger partial charge < -0.3 is 4.74 Å². The second kappa shape index (κ2) is 4.44. The summed E-state index contributed by atoms with van der Waals surface area (Å²) in [5, 5.41) is 4.17. The van der Waals surface area contributed by atoms with E-state index in [1.54, 1.807) is 19.5 Å². The molecule has 0 aliphatic rings. The van der Waals surface area contributed by atoms with Crippen LogP contribution in [-0.4, -0.2) is 21.9 Å². The number of methoxy groups -OCH3 is 1. The number of hydrogen-bond donors (Lipinski definition) is 0. The van der Waals surface area contributed by atoms with Crippen molar-refractivity contribution in [1.82, 2.24) is 14.8 Å². The quantitative estimate of drug-likeness (QED) is 0.855. The van der Waals surface area contributed by atoms with Crippen molar-refractivity contribution < 1.29 is 4.74 Å². The molecular formula is C10H10BrN3O. The van der Waals surface area contributed by atoms with Crippen LogP contribution >= 0.6 is 15.9 Å². The van der Waals surface area contributed by atoms with Gasteiger partial charge in [0.2, 0.25) is 5.88 Å². The summed E-state index contributed by atoms with van der Waals surface area (Å²) in [6.45, 7) is 0.655. The molecule has 78 valence electrons. The zero-order valence-electron chi connectivity index (χ0n) is 8.22. The first-order chi connectivity index (χ1) is 7.29. The van der Waals surface area contributed by atoms with E-state index < -0.39 is 0 Å². The van der Waals surface area contributed by atoms with Gasteiger partial charge in [0.15, 0.2) is 0 Å². The molecule has 0 bridgehead atoms. The molecule has 0 unspecified atom stereocenters. The molecule has 2 rings (SSSR count). The Bertz CT molecular complexity index is 455. The minimum absolute atomic E-state index is 0.643. The standard InChI is InChI=1S/C10H10BrN3O/c1-15-10-8(3-2-4-12-10)6-14-7-9(11)5-13-14/h2-5,7H,6H2,1H3. The van der Waals surface area contributed by atoms with Gasteiger partial charge in [-0.25, -0.2) is 4.98 Å². The highest BCUT2D eigenvalue weighted by Crippen LogP contribution is 2.15. The van der Waals surface area contributed by atoms with Crippen LogP contribution in [-0.2, 0) is 6.54 Å². The van der Waals surface area contributed by atoms with E-state index >= 15 is 0 Å². The summed E-state index contributed by atoms with van der Waals surface area (Å²) >= 11 is 3.35. The van der Waals surface area contributed by atoms with Gasteiger partial charge in [0.1, 0.15) is 0 Å². The average Bonchev–Trinajstić information content (AvgIpc) is 2.65. The van der Waals surface area contributed by atoms with Crippen LogP contribution in [0.4, 0.5) is 0 Å². The fraction of sp³-hybridized carbons (Fsp3) is 0.200. The first-order valence-corrected chi connectivity index (χ1v) is 5.25. The minimum Gasteiger partial charge on any atom is -0.481 e. The van der Waals surface area contributed by atoms with Gasteiger partial charge in [-0.2, -0.15) is 5.10 Å². The SMILES string of the molecule is COc1ncccc1Cn1cc(Br)cn1. The molecule has 0 aliphatic heterocycles. The zero-order chi connectivity index (χ0) is 10.7. The third-order valence-corrected chi connectivity index (χ3v) is 2.39. The lowest BCUT2D eigenvalue weighted by atomic mass is 10.3. The number of ether oxygens (including phenoxy) is 1. The molecular weight excluding hydrogens is 258 g/mol. The molecule has 0 N–H and O–H groups in total. The molecule has 0 atom stereocenters. The van der Waals surface area contributed by atoms with Crippen molar-refractivity contribution >= 4 is 15.9 Å². The van der Waals surface area contributed by atoms with E-state index in [2.05, 4.69) is 26.0 Å². The van der Waals surface area contributed by atoms with Crippen molar-refractivity contribution in [3.8, 4) is 5.88 Å². The molecule has 0 spiro atoms. The summed E-state index contributed by atoms with van der Waals surface area (Å²) in [5.74, 6) is 0.643. The Morgan fingerprint density at radius 1 is 1.53 bits per heavy atom. The third kappa shape index (κ3) is 2.36. The number of pyridine rings is 1. The van der Waals surface area contributed by atoms with Gasteiger partial charge >= 0.3 is 0 Å². The molecule has 0 aromatic carbocycles. The van der Waals surface area contributed by atoms with Gasteiger partial charge in [-0.3, -0.25) is 4.68 Å². The number of hydrogen-bond acceptors (Lipinski definition) is 3. The van der Waals surface area contributed by atoms with Gasteiger partial charge in [0.25, 0.3) is 0 Å². The van der Waals surface area contributed by atoms with Gasteiger partial charge in [-0.1, -0.05) is 6.07 Å². The topological polar surface area (TPSA) is 39.9 Å². The number of halogens is 1. The Hall–Kier alpha value is -1.36. The van der Waals surface area contributed by atoms with Gasteiger partial charge in [0.05, 0.1) is 24.3 Å². The van der Waals surface area contributed by atoms with Crippen molar-refractivity contribution in [2.24, 2.45) is 0 Å². The van der Waals surface area contributed by atoms with Crippen molar-refractivity contribution in [2.75, 3.05) is 7.11 Å². The molecule has 2 aromatic rings. The lowest BCUT2D eigenvalue weighted by Gasteiger charge is -2.06. The highest BCUT2D eigenvalue weighted by atomic mass is 79.9. The Kier molecular flexibility index (Phi) is 3.01. The number of aromatic nitrogens is 3. The van der Waals surface area contributed by atoms with Crippen molar-refractivity contribution in [3.05, 3.63) is 40.8 Å². The smallest absolute Gasteiger partial charge is 0.218 e. The molecule has 15 heavy (non-hydrogen) atoms. The maximum atomic E-state index is 5.16. The van der Waals surface area contributed by atoms with Crippen LogP contribution in [0.1, 0.15) is 5.56 Å². The van der Waals surface area contributed by atoms with Gasteiger partial charge in [0, 0.05) is 18.0 Å². The van der Waals surface area contributed by atoms with Crippen LogP contribution in [0.25, 0.3) is 0 Å². The highest BCUT2D eigenvalue weighted by molar-refractivity contribution is 9.10. The molecule has 2 heterocycles. The molecule has 0 radical (unpaired) electrons. The molecule has 4 nitrogen and oxygen atoms in total. The predicted molar refractivity (Wildman–Crippen MR) is 59.8 cm³/mol. The van der Waals surface area contributed by atoms with E-state index in [1.807, 2.05) is 23.0 Å². The molecule has 0 amide bonds. The molecule has 2 aromatic heterocycles. The third-order valence-electron chi connectivity index (χ3n) is 1.98. The normalized spacial score (nSPS) is 10.3. The summed E-state index contributed by atoms with van der Waals surface area (Å²) in [7, 11) is 1.62. The van der Waals surface area contributed by atoms with E-state index in [1.165, 1.54) is 0 Å². The van der Waals surface area contributed by atoms with E-state index in [0.29, 0.717) is 12.4 Å². The maximum Gasteiger partial charge on any atom is 0.218 e. The summed E-state index contributed by atoms with van der Waals surface area (Å²) < 4.78 is 7.95. The van der Waals surface area contributed by atoms with Crippen LogP contribution in [0.5, 0.6) is 5.88 Å². The molecule has 5 heteroatoms. The average molecular weight is 268 g/mol. The molecule has 0 fully saturated rings. The van der Waals surface area contributed by atoms with Gasteiger partial charge in [-0.15, -0.1) is 0 Å². The Balaban J connectivity index is 2.23. The summed E-state index contributed by atoms with van der Waals surface area (Å²) in [6, 6.07) is 3.86. The Morgan fingerprint density at radius 2 is 2.40 bits per heavy atom. The summed E-state index contributed by atoms with van der Waals surface area (Å²) in [5.41, 5.74) is 1.01. The first-order valence-electron chi connectivity index (χ1n) is 4.45. The summed E-state index contributed by atoms with van der Waals surface area (Å²) in [6.07, 6.45) is 5.37. The number of nitrogens with zero attached hydrogens (tertiary/aromatic N) is 3. The fourth-order valence-electron chi connectivity index (χ4n) is 1.33. The molecule has 0 aliphatic carbocycles. The maximum absolute atomic E-state index is 5.16. The number of rotatable bonds is 3. The fourth-order valence-corrected chi connectivity index (χ4v) is 1.66. The Morgan fingerprint density at radius 3 is 3.07 bits per heavy atom. The van der Waals surface area contributed by atoms with Crippen molar-refractivity contribution in [1.29, 1.82) is 0 Å². The first kappa shape index (κ1) is 10.2. The van der Waals surface area contributed by atoms with E-state index in [4.69, 9.17) is 4.74 Å². The van der Waals surface area contributed by atoms with Crippen molar-refractivity contribution in [2.45, 2.75) is 6.54 Å². The lowest BCUT2D eigenvalue weighted by Crippen LogP contribution is -2.02. The second-order valence-electron chi connectivity index (χ2n) is 3.03. The van der Waals surface area contributed by atoms with Crippen LogP contribution in [0.2, 0.25) is 0 Å². The largest absolute Gasteiger partial charge is 0.481 e. The summed E-state index contributed by atoms with van der Waals surface area (Å²) in [4.78, 5) is 4.13. The van der Waals surface area contributed by atoms with Crippen LogP contribution in [0.15, 0.2) is 35.2 Å². The van der Waals surface area contributed by atoms with Crippen LogP contribution in [0.3, 0.4) is 0 Å². The predicted octanol–water partition coefficient (Wildman–Crippen LogP) is 2.10. The van der Waals surface area contributed by atoms with Crippen molar-refractivity contribution in [3.63, 3.8) is 0 Å². The highest BCUT2D eigenvalue weighted by Gasteiger charge is 2.04. The van der Waals surface area contributed by atoms with E-state index in [0.717, 1.165) is 10.0 Å². The minimum atomic E-state index is 0.643. The monoisotopic (exact) mass is 267 g/mol. The molecule has 0 saturated carbocycles. The molecule has 0 saturated heterocycles. The van der Waals surface area contributed by atoms with E-state index in [9.17, 15) is 0 Å². The van der Waals surface area contributed by atoms with Crippen LogP contribution < -0.4 is 4.74 Å².